The number of benzene rings is 1. The molecule has 0 saturated carbocycles. The van der Waals surface area contributed by atoms with E-state index >= 15 is 0 Å². The molecule has 0 radical (unpaired) electrons. The van der Waals surface area contributed by atoms with Gasteiger partial charge >= 0.3 is 0 Å². The molecule has 1 amide bonds. The van der Waals surface area contributed by atoms with Gasteiger partial charge in [0.2, 0.25) is 0 Å². The second-order valence-electron chi connectivity index (χ2n) is 6.39. The van der Waals surface area contributed by atoms with Gasteiger partial charge in [-0.25, -0.2) is 0 Å². The third kappa shape index (κ3) is 4.25. The molecule has 1 aromatic heterocycles. The summed E-state index contributed by atoms with van der Waals surface area (Å²) < 4.78 is 0. The van der Waals surface area contributed by atoms with Crippen molar-refractivity contribution in [3.8, 4) is 0 Å². The monoisotopic (exact) mass is 327 g/mol. The number of fused-ring (bicyclic) bond motifs is 1. The minimum absolute atomic E-state index is 0.145. The molecule has 0 saturated heterocycles. The summed E-state index contributed by atoms with van der Waals surface area (Å²) in [5.41, 5.74) is 2.44. The van der Waals surface area contributed by atoms with Crippen molar-refractivity contribution < 1.29 is 9.59 Å². The van der Waals surface area contributed by atoms with Crippen LogP contribution in [0.1, 0.15) is 19.4 Å². The van der Waals surface area contributed by atoms with Crippen LogP contribution < -0.4 is 5.32 Å². The lowest BCUT2D eigenvalue weighted by atomic mass is 10.0. The van der Waals surface area contributed by atoms with Gasteiger partial charge in [-0.15, -0.1) is 0 Å². The molecule has 1 heterocycles. The van der Waals surface area contributed by atoms with E-state index in [1.807, 2.05) is 24.4 Å². The number of H-pyrrole nitrogens is 1. The van der Waals surface area contributed by atoms with Crippen LogP contribution in [0.2, 0.25) is 0 Å². The topological polar surface area (TPSA) is 65.2 Å². The van der Waals surface area contributed by atoms with Crippen LogP contribution >= 0.6 is 0 Å². The summed E-state index contributed by atoms with van der Waals surface area (Å²) in [6.45, 7) is 4.08. The number of Topliss-reactive ketones (excluding diaryl/α,β-unsaturated/α-hetero) is 1. The Balaban J connectivity index is 2.02. The zero-order valence-corrected chi connectivity index (χ0v) is 14.7. The Hall–Kier alpha value is -2.56. The number of nitrogens with zero attached hydrogens (tertiary/aromatic N) is 1. The van der Waals surface area contributed by atoms with Gasteiger partial charge in [0.1, 0.15) is 0 Å². The highest BCUT2D eigenvalue weighted by Gasteiger charge is 2.21. The largest absolute Gasteiger partial charge is 0.383 e. The molecular formula is C19H25N3O2. The van der Waals surface area contributed by atoms with E-state index in [-0.39, 0.29) is 23.2 Å². The first kappa shape index (κ1) is 17.8. The fourth-order valence-electron chi connectivity index (χ4n) is 2.55. The van der Waals surface area contributed by atoms with Gasteiger partial charge in [0, 0.05) is 49.9 Å². The Morgan fingerprint density at radius 3 is 2.62 bits per heavy atom. The molecule has 5 heteroatoms. The highest BCUT2D eigenvalue weighted by Crippen LogP contribution is 2.17. The minimum atomic E-state index is -0.317. The van der Waals surface area contributed by atoms with Crippen molar-refractivity contribution in [2.75, 3.05) is 20.6 Å². The number of carbonyl (C=O) groups excluding carboxylic acids is 2. The molecule has 0 aliphatic heterocycles. The van der Waals surface area contributed by atoms with Crippen LogP contribution in [0.25, 0.3) is 10.9 Å². The van der Waals surface area contributed by atoms with E-state index in [1.165, 1.54) is 0 Å². The summed E-state index contributed by atoms with van der Waals surface area (Å²) in [7, 11) is 3.60. The van der Waals surface area contributed by atoms with Crippen LogP contribution in [-0.4, -0.2) is 42.2 Å². The number of amides is 1. The molecule has 0 atom stereocenters. The van der Waals surface area contributed by atoms with Gasteiger partial charge in [0.05, 0.1) is 5.57 Å². The minimum Gasteiger partial charge on any atom is -0.383 e. The quantitative estimate of drug-likeness (QED) is 0.466. The van der Waals surface area contributed by atoms with Crippen LogP contribution in [0.5, 0.6) is 0 Å². The van der Waals surface area contributed by atoms with E-state index in [4.69, 9.17) is 0 Å². The van der Waals surface area contributed by atoms with Crippen LogP contribution in [-0.2, 0) is 16.0 Å². The Labute approximate surface area is 142 Å². The molecule has 0 unspecified atom stereocenters. The van der Waals surface area contributed by atoms with Gasteiger partial charge in [-0.3, -0.25) is 9.59 Å². The maximum absolute atomic E-state index is 12.4. The molecule has 128 valence electrons. The van der Waals surface area contributed by atoms with Crippen LogP contribution in [0.3, 0.4) is 0 Å². The molecule has 5 nitrogen and oxygen atoms in total. The smallest absolute Gasteiger partial charge is 0.256 e. The Bertz CT molecular complexity index is 757. The van der Waals surface area contributed by atoms with E-state index in [2.05, 4.69) is 16.4 Å². The first-order chi connectivity index (χ1) is 11.4. The van der Waals surface area contributed by atoms with Crippen LogP contribution in [0.15, 0.2) is 42.2 Å². The van der Waals surface area contributed by atoms with Crippen molar-refractivity contribution in [1.29, 1.82) is 0 Å². The number of para-hydroxylation sites is 1. The number of nitrogens with one attached hydrogen (secondary N) is 2. The summed E-state index contributed by atoms with van der Waals surface area (Å²) in [6.07, 6.45) is 4.26. The number of carbonyl (C=O) groups is 2. The molecule has 0 aliphatic rings. The van der Waals surface area contributed by atoms with Crippen molar-refractivity contribution in [3.05, 3.63) is 47.8 Å². The molecule has 0 fully saturated rings. The van der Waals surface area contributed by atoms with Crippen molar-refractivity contribution in [1.82, 2.24) is 15.2 Å². The summed E-state index contributed by atoms with van der Waals surface area (Å²) in [5, 5.41) is 4.02. The predicted octanol–water partition coefficient (Wildman–Crippen LogP) is 2.50. The maximum atomic E-state index is 12.4. The molecule has 0 bridgehead atoms. The summed E-state index contributed by atoms with van der Waals surface area (Å²) in [4.78, 5) is 29.5. The third-order valence-corrected chi connectivity index (χ3v) is 3.78. The fourth-order valence-corrected chi connectivity index (χ4v) is 2.55. The molecule has 2 aromatic rings. The van der Waals surface area contributed by atoms with Gasteiger partial charge in [0.25, 0.3) is 5.91 Å². The molecule has 2 rings (SSSR count). The van der Waals surface area contributed by atoms with Crippen LogP contribution in [0.4, 0.5) is 0 Å². The van der Waals surface area contributed by atoms with E-state index in [1.54, 1.807) is 39.0 Å². The van der Waals surface area contributed by atoms with Crippen molar-refractivity contribution in [2.24, 2.45) is 5.92 Å². The predicted molar refractivity (Wildman–Crippen MR) is 96.6 cm³/mol. The lowest BCUT2D eigenvalue weighted by molar-refractivity contribution is -0.124. The van der Waals surface area contributed by atoms with Crippen molar-refractivity contribution in [3.63, 3.8) is 0 Å². The number of ketones is 1. The first-order valence-corrected chi connectivity index (χ1v) is 8.15. The molecule has 2 N–H and O–H groups in total. The lowest BCUT2D eigenvalue weighted by Gasteiger charge is -2.13. The van der Waals surface area contributed by atoms with Gasteiger partial charge in [0.15, 0.2) is 5.78 Å². The second kappa shape index (κ2) is 7.81. The zero-order valence-electron chi connectivity index (χ0n) is 14.7. The average molecular weight is 327 g/mol. The first-order valence-electron chi connectivity index (χ1n) is 8.15. The van der Waals surface area contributed by atoms with E-state index in [9.17, 15) is 9.59 Å². The van der Waals surface area contributed by atoms with Crippen molar-refractivity contribution >= 4 is 22.6 Å². The average Bonchev–Trinajstić information content (AvgIpc) is 2.95. The highest BCUT2D eigenvalue weighted by atomic mass is 16.2. The molecule has 1 aromatic carbocycles. The normalized spacial score (nSPS) is 11.8. The number of hydrogen-bond donors (Lipinski definition) is 2. The number of rotatable bonds is 7. The molecule has 24 heavy (non-hydrogen) atoms. The van der Waals surface area contributed by atoms with Gasteiger partial charge in [-0.2, -0.15) is 0 Å². The van der Waals surface area contributed by atoms with Gasteiger partial charge in [-0.05, 0) is 18.1 Å². The lowest BCUT2D eigenvalue weighted by Crippen LogP contribution is -2.32. The number of aromatic nitrogens is 1. The Morgan fingerprint density at radius 1 is 1.25 bits per heavy atom. The van der Waals surface area contributed by atoms with E-state index in [0.29, 0.717) is 13.0 Å². The number of aromatic amines is 1. The Morgan fingerprint density at radius 2 is 1.96 bits per heavy atom. The number of hydrogen-bond acceptors (Lipinski definition) is 3. The van der Waals surface area contributed by atoms with E-state index in [0.717, 1.165) is 16.5 Å². The molecule has 0 aliphatic carbocycles. The standard InChI is InChI=1S/C19H25N3O2/c1-13(2)18(23)16(12-22(3)4)19(24)20-10-9-14-11-21-17-8-6-5-7-15(14)17/h5-8,11-13,21H,9-10H2,1-4H3,(H,20,24)/b16-12-. The molecule has 0 spiro atoms. The zero-order chi connectivity index (χ0) is 17.7. The second-order valence-corrected chi connectivity index (χ2v) is 6.39. The van der Waals surface area contributed by atoms with Crippen molar-refractivity contribution in [2.45, 2.75) is 20.3 Å². The third-order valence-electron chi connectivity index (χ3n) is 3.78. The highest BCUT2D eigenvalue weighted by molar-refractivity contribution is 6.19. The van der Waals surface area contributed by atoms with Crippen LogP contribution in [0, 0.1) is 5.92 Å². The van der Waals surface area contributed by atoms with Gasteiger partial charge < -0.3 is 15.2 Å². The fraction of sp³-hybridized carbons (Fsp3) is 0.368. The Kier molecular flexibility index (Phi) is 5.79. The maximum Gasteiger partial charge on any atom is 0.256 e. The van der Waals surface area contributed by atoms with E-state index < -0.39 is 0 Å². The summed E-state index contributed by atoms with van der Waals surface area (Å²) in [5.74, 6) is -0.675. The SMILES string of the molecule is CC(C)C(=O)/C(=C/N(C)C)C(=O)NCCc1c[nH]c2ccccc12. The summed E-state index contributed by atoms with van der Waals surface area (Å²) >= 11 is 0. The summed E-state index contributed by atoms with van der Waals surface area (Å²) in [6, 6.07) is 8.07. The molecular weight excluding hydrogens is 302 g/mol. The van der Waals surface area contributed by atoms with Gasteiger partial charge in [-0.1, -0.05) is 32.0 Å².